The maximum atomic E-state index is 10.6. The molecule has 1 aromatic carbocycles. The van der Waals surface area contributed by atoms with Gasteiger partial charge in [0.25, 0.3) is 5.69 Å². The van der Waals surface area contributed by atoms with Gasteiger partial charge in [0.05, 0.1) is 11.1 Å². The zero-order valence-electron chi connectivity index (χ0n) is 11.7. The fourth-order valence-corrected chi connectivity index (χ4v) is 1.88. The summed E-state index contributed by atoms with van der Waals surface area (Å²) in [7, 11) is 0. The van der Waals surface area contributed by atoms with Crippen LogP contribution in [0.1, 0.15) is 18.5 Å². The van der Waals surface area contributed by atoms with Gasteiger partial charge in [0.1, 0.15) is 12.4 Å². The van der Waals surface area contributed by atoms with Crippen LogP contribution < -0.4 is 10.1 Å². The number of nitrogens with one attached hydrogen (secondary N) is 1. The van der Waals surface area contributed by atoms with Crippen molar-refractivity contribution in [3.05, 3.63) is 64.5 Å². The monoisotopic (exact) mass is 287 g/mol. The Morgan fingerprint density at radius 1 is 1.33 bits per heavy atom. The molecule has 2 aromatic rings. The first-order valence-electron chi connectivity index (χ1n) is 6.67. The molecule has 0 fully saturated rings. The van der Waals surface area contributed by atoms with E-state index in [1.165, 1.54) is 12.1 Å². The Morgan fingerprint density at radius 3 is 2.71 bits per heavy atom. The lowest BCUT2D eigenvalue weighted by Crippen LogP contribution is -2.24. The third-order valence-corrected chi connectivity index (χ3v) is 3.06. The Morgan fingerprint density at radius 2 is 2.10 bits per heavy atom. The van der Waals surface area contributed by atoms with Gasteiger partial charge in [-0.15, -0.1) is 0 Å². The zero-order chi connectivity index (χ0) is 15.1. The van der Waals surface area contributed by atoms with Crippen LogP contribution in [0.25, 0.3) is 0 Å². The van der Waals surface area contributed by atoms with E-state index < -0.39 is 4.92 Å². The van der Waals surface area contributed by atoms with Crippen LogP contribution in [0.2, 0.25) is 0 Å². The summed E-state index contributed by atoms with van der Waals surface area (Å²) in [5.74, 6) is 0.738. The Labute approximate surface area is 122 Å². The summed E-state index contributed by atoms with van der Waals surface area (Å²) in [4.78, 5) is 14.2. The first-order valence-corrected chi connectivity index (χ1v) is 6.67. The largest absolute Gasteiger partial charge is 0.491 e. The standard InChI is InChI=1S/C15H17N3O3/c1-12(13-4-6-14(7-5-13)18(19)20)17-9-10-21-15-3-2-8-16-11-15/h2-8,11-12,17H,9-10H2,1H3/t12-/m1/s1. The fourth-order valence-electron chi connectivity index (χ4n) is 1.88. The highest BCUT2D eigenvalue weighted by atomic mass is 16.6. The number of non-ortho nitro benzene ring substituents is 1. The minimum atomic E-state index is -0.399. The first kappa shape index (κ1) is 14.9. The van der Waals surface area contributed by atoms with Crippen LogP contribution in [0.5, 0.6) is 5.75 Å². The van der Waals surface area contributed by atoms with Crippen molar-refractivity contribution in [3.63, 3.8) is 0 Å². The van der Waals surface area contributed by atoms with E-state index in [1.807, 2.05) is 19.1 Å². The molecule has 2 rings (SSSR count). The summed E-state index contributed by atoms with van der Waals surface area (Å²) in [6, 6.07) is 10.3. The number of pyridine rings is 1. The molecule has 0 aliphatic heterocycles. The highest BCUT2D eigenvalue weighted by Gasteiger charge is 2.08. The predicted molar refractivity (Wildman–Crippen MR) is 79.2 cm³/mol. The average molecular weight is 287 g/mol. The van der Waals surface area contributed by atoms with E-state index in [9.17, 15) is 10.1 Å². The van der Waals surface area contributed by atoms with Crippen molar-refractivity contribution in [2.24, 2.45) is 0 Å². The third kappa shape index (κ3) is 4.54. The topological polar surface area (TPSA) is 77.3 Å². The van der Waals surface area contributed by atoms with Crippen molar-refractivity contribution >= 4 is 5.69 Å². The molecule has 0 bridgehead atoms. The van der Waals surface area contributed by atoms with E-state index in [1.54, 1.807) is 24.5 Å². The summed E-state index contributed by atoms with van der Waals surface area (Å²) in [6.07, 6.45) is 3.36. The zero-order valence-corrected chi connectivity index (χ0v) is 11.7. The van der Waals surface area contributed by atoms with Gasteiger partial charge in [-0.3, -0.25) is 15.1 Å². The molecule has 0 saturated heterocycles. The molecular formula is C15H17N3O3. The van der Waals surface area contributed by atoms with Crippen LogP contribution in [0, 0.1) is 10.1 Å². The molecule has 1 aromatic heterocycles. The smallest absolute Gasteiger partial charge is 0.269 e. The van der Waals surface area contributed by atoms with Crippen LogP contribution in [-0.2, 0) is 0 Å². The summed E-state index contributed by atoms with van der Waals surface area (Å²) in [5, 5.41) is 13.9. The summed E-state index contributed by atoms with van der Waals surface area (Å²) < 4.78 is 5.53. The van der Waals surface area contributed by atoms with Crippen molar-refractivity contribution < 1.29 is 9.66 Å². The average Bonchev–Trinajstić information content (AvgIpc) is 2.52. The van der Waals surface area contributed by atoms with Crippen molar-refractivity contribution in [3.8, 4) is 5.75 Å². The summed E-state index contributed by atoms with van der Waals surface area (Å²) >= 11 is 0. The molecule has 0 spiro atoms. The maximum absolute atomic E-state index is 10.6. The number of nitro benzene ring substituents is 1. The van der Waals surface area contributed by atoms with Gasteiger partial charge >= 0.3 is 0 Å². The number of ether oxygens (including phenoxy) is 1. The van der Waals surface area contributed by atoms with Crippen LogP contribution in [-0.4, -0.2) is 23.1 Å². The number of aromatic nitrogens is 1. The van der Waals surface area contributed by atoms with Gasteiger partial charge in [0.15, 0.2) is 0 Å². The maximum Gasteiger partial charge on any atom is 0.269 e. The number of nitro groups is 1. The molecule has 21 heavy (non-hydrogen) atoms. The Kier molecular flexibility index (Phi) is 5.22. The normalized spacial score (nSPS) is 11.9. The minimum Gasteiger partial charge on any atom is -0.491 e. The predicted octanol–water partition coefficient (Wildman–Crippen LogP) is 2.72. The highest BCUT2D eigenvalue weighted by Crippen LogP contribution is 2.17. The highest BCUT2D eigenvalue weighted by molar-refractivity contribution is 5.34. The van der Waals surface area contributed by atoms with Crippen LogP contribution in [0.15, 0.2) is 48.8 Å². The van der Waals surface area contributed by atoms with Gasteiger partial charge in [0.2, 0.25) is 0 Å². The summed E-state index contributed by atoms with van der Waals surface area (Å²) in [6.45, 7) is 3.21. The minimum absolute atomic E-state index is 0.100. The number of benzene rings is 1. The van der Waals surface area contributed by atoms with E-state index >= 15 is 0 Å². The number of hydrogen-bond donors (Lipinski definition) is 1. The van der Waals surface area contributed by atoms with E-state index in [2.05, 4.69) is 10.3 Å². The number of rotatable bonds is 7. The molecule has 110 valence electrons. The van der Waals surface area contributed by atoms with Crippen molar-refractivity contribution in [1.29, 1.82) is 0 Å². The molecule has 0 aliphatic carbocycles. The lowest BCUT2D eigenvalue weighted by atomic mass is 10.1. The molecule has 0 radical (unpaired) electrons. The molecule has 0 amide bonds. The fraction of sp³-hybridized carbons (Fsp3) is 0.267. The van der Waals surface area contributed by atoms with Gasteiger partial charge in [0, 0.05) is 30.9 Å². The Balaban J connectivity index is 1.76. The van der Waals surface area contributed by atoms with Gasteiger partial charge in [-0.1, -0.05) is 12.1 Å². The van der Waals surface area contributed by atoms with Crippen LogP contribution in [0.3, 0.4) is 0 Å². The van der Waals surface area contributed by atoms with Crippen LogP contribution >= 0.6 is 0 Å². The van der Waals surface area contributed by atoms with E-state index in [0.717, 1.165) is 11.3 Å². The van der Waals surface area contributed by atoms with Crippen molar-refractivity contribution in [1.82, 2.24) is 10.3 Å². The molecule has 6 heteroatoms. The quantitative estimate of drug-likeness (QED) is 0.481. The second-order valence-corrected chi connectivity index (χ2v) is 4.56. The third-order valence-electron chi connectivity index (χ3n) is 3.06. The van der Waals surface area contributed by atoms with E-state index in [-0.39, 0.29) is 11.7 Å². The van der Waals surface area contributed by atoms with Crippen LogP contribution in [0.4, 0.5) is 5.69 Å². The molecule has 0 unspecified atom stereocenters. The number of nitrogens with zero attached hydrogens (tertiary/aromatic N) is 2. The van der Waals surface area contributed by atoms with Gasteiger partial charge < -0.3 is 10.1 Å². The molecule has 0 saturated carbocycles. The molecular weight excluding hydrogens is 270 g/mol. The Bertz CT molecular complexity index is 572. The second-order valence-electron chi connectivity index (χ2n) is 4.56. The lowest BCUT2D eigenvalue weighted by molar-refractivity contribution is -0.384. The SMILES string of the molecule is C[C@@H](NCCOc1cccnc1)c1ccc([N+](=O)[O-])cc1. The molecule has 1 heterocycles. The summed E-state index contributed by atoms with van der Waals surface area (Å²) in [5.41, 5.74) is 1.10. The van der Waals surface area contributed by atoms with Gasteiger partial charge in [-0.2, -0.15) is 0 Å². The van der Waals surface area contributed by atoms with Crippen molar-refractivity contribution in [2.75, 3.05) is 13.2 Å². The number of hydrogen-bond acceptors (Lipinski definition) is 5. The van der Waals surface area contributed by atoms with Gasteiger partial charge in [-0.05, 0) is 24.6 Å². The molecule has 6 nitrogen and oxygen atoms in total. The van der Waals surface area contributed by atoms with E-state index in [0.29, 0.717) is 13.2 Å². The van der Waals surface area contributed by atoms with E-state index in [4.69, 9.17) is 4.74 Å². The second kappa shape index (κ2) is 7.35. The van der Waals surface area contributed by atoms with Gasteiger partial charge in [-0.25, -0.2) is 0 Å². The first-order chi connectivity index (χ1) is 10.2. The lowest BCUT2D eigenvalue weighted by Gasteiger charge is -2.14. The Hall–Kier alpha value is -2.47. The molecule has 1 atom stereocenters. The van der Waals surface area contributed by atoms with Crippen molar-refractivity contribution in [2.45, 2.75) is 13.0 Å². The molecule has 1 N–H and O–H groups in total. The molecule has 0 aliphatic rings.